The lowest BCUT2D eigenvalue weighted by molar-refractivity contribution is 0.299. The number of nitrogens with zero attached hydrogens (tertiary/aromatic N) is 4. The number of fused-ring (bicyclic) bond motifs is 1. The molecule has 2 atom stereocenters. The molecule has 1 N–H and O–H groups in total. The van der Waals surface area contributed by atoms with Gasteiger partial charge in [-0.05, 0) is 38.5 Å². The van der Waals surface area contributed by atoms with Crippen LogP contribution in [0.5, 0.6) is 0 Å². The molecule has 2 unspecified atom stereocenters. The average Bonchev–Trinajstić information content (AvgIpc) is 3.09. The molecule has 0 spiro atoms. The Bertz CT molecular complexity index is 490. The Hall–Kier alpha value is -0.860. The summed E-state index contributed by atoms with van der Waals surface area (Å²) in [6.07, 6.45) is 5.54. The lowest BCUT2D eigenvalue weighted by atomic mass is 9.82. The van der Waals surface area contributed by atoms with Gasteiger partial charge in [0.25, 0.3) is 0 Å². The molecule has 1 saturated carbocycles. The number of hydrogen-bond acceptors (Lipinski definition) is 4. The first kappa shape index (κ1) is 17.5. The van der Waals surface area contributed by atoms with E-state index in [1.54, 1.807) is 0 Å². The molecular formula is C15H26IN5O. The van der Waals surface area contributed by atoms with Crippen LogP contribution in [0.1, 0.15) is 44.3 Å². The average molecular weight is 419 g/mol. The van der Waals surface area contributed by atoms with Crippen molar-refractivity contribution in [3.8, 4) is 0 Å². The van der Waals surface area contributed by atoms with Gasteiger partial charge in [-0.15, -0.1) is 24.0 Å². The second-order valence-electron chi connectivity index (χ2n) is 6.12. The maximum atomic E-state index is 5.14. The molecule has 1 saturated heterocycles. The van der Waals surface area contributed by atoms with Gasteiger partial charge in [0.1, 0.15) is 6.54 Å². The number of rotatable bonds is 3. The molecule has 0 amide bonds. The van der Waals surface area contributed by atoms with E-state index in [2.05, 4.69) is 32.3 Å². The summed E-state index contributed by atoms with van der Waals surface area (Å²) in [5.74, 6) is 3.95. The van der Waals surface area contributed by atoms with Crippen molar-refractivity contribution < 1.29 is 4.52 Å². The van der Waals surface area contributed by atoms with Crippen molar-refractivity contribution in [3.63, 3.8) is 0 Å². The van der Waals surface area contributed by atoms with E-state index >= 15 is 0 Å². The molecular weight excluding hydrogens is 393 g/mol. The summed E-state index contributed by atoms with van der Waals surface area (Å²) in [5.41, 5.74) is 0. The van der Waals surface area contributed by atoms with Crippen LogP contribution in [0, 0.1) is 18.8 Å². The Labute approximate surface area is 149 Å². The molecule has 2 heterocycles. The number of guanidine groups is 1. The van der Waals surface area contributed by atoms with Crippen molar-refractivity contribution in [1.82, 2.24) is 20.4 Å². The minimum absolute atomic E-state index is 0. The van der Waals surface area contributed by atoms with Crippen molar-refractivity contribution in [1.29, 1.82) is 0 Å². The second kappa shape index (κ2) is 8.12. The summed E-state index contributed by atoms with van der Waals surface area (Å²) in [7, 11) is 0. The maximum absolute atomic E-state index is 5.14. The van der Waals surface area contributed by atoms with Crippen LogP contribution in [0.4, 0.5) is 0 Å². The lowest BCUT2D eigenvalue weighted by Crippen LogP contribution is -2.40. The molecule has 124 valence electrons. The van der Waals surface area contributed by atoms with E-state index in [0.717, 1.165) is 37.4 Å². The molecule has 2 aliphatic rings. The van der Waals surface area contributed by atoms with Gasteiger partial charge < -0.3 is 14.7 Å². The van der Waals surface area contributed by atoms with E-state index < -0.39 is 0 Å². The number of likely N-dealkylation sites (tertiary alicyclic amines) is 1. The van der Waals surface area contributed by atoms with E-state index in [9.17, 15) is 0 Å². The highest BCUT2D eigenvalue weighted by atomic mass is 127. The molecule has 1 aromatic rings. The number of nitrogens with one attached hydrogen (secondary N) is 1. The molecule has 3 rings (SSSR count). The third kappa shape index (κ3) is 4.11. The van der Waals surface area contributed by atoms with Crippen LogP contribution in [0.2, 0.25) is 0 Å². The number of aromatic nitrogens is 2. The van der Waals surface area contributed by atoms with Crippen LogP contribution in [0.15, 0.2) is 9.52 Å². The zero-order valence-electron chi connectivity index (χ0n) is 13.4. The van der Waals surface area contributed by atoms with Gasteiger partial charge in [0, 0.05) is 19.6 Å². The van der Waals surface area contributed by atoms with Gasteiger partial charge in [-0.2, -0.15) is 4.98 Å². The monoisotopic (exact) mass is 419 g/mol. The van der Waals surface area contributed by atoms with E-state index in [1.165, 1.54) is 25.7 Å². The van der Waals surface area contributed by atoms with Gasteiger partial charge in [0.05, 0.1) is 0 Å². The molecule has 0 radical (unpaired) electrons. The Morgan fingerprint density at radius 2 is 2.00 bits per heavy atom. The van der Waals surface area contributed by atoms with E-state index in [1.807, 2.05) is 6.92 Å². The first-order valence-electron chi connectivity index (χ1n) is 8.08. The Morgan fingerprint density at radius 3 is 2.55 bits per heavy atom. The second-order valence-corrected chi connectivity index (χ2v) is 6.12. The fraction of sp³-hybridized carbons (Fsp3) is 0.800. The van der Waals surface area contributed by atoms with E-state index in [-0.39, 0.29) is 24.0 Å². The van der Waals surface area contributed by atoms with Crippen molar-refractivity contribution in [3.05, 3.63) is 11.7 Å². The fourth-order valence-electron chi connectivity index (χ4n) is 3.55. The maximum Gasteiger partial charge on any atom is 0.248 e. The van der Waals surface area contributed by atoms with E-state index in [4.69, 9.17) is 4.52 Å². The van der Waals surface area contributed by atoms with Gasteiger partial charge in [-0.25, -0.2) is 4.99 Å². The van der Waals surface area contributed by atoms with Crippen LogP contribution in [-0.2, 0) is 6.54 Å². The summed E-state index contributed by atoms with van der Waals surface area (Å²) in [6.45, 7) is 7.55. The topological polar surface area (TPSA) is 66.5 Å². The molecule has 0 bridgehead atoms. The standard InChI is InChI=1S/C15H25N5O.HI/c1-3-16-15(17-8-14-18-11(2)19-21-14)20-9-12-6-4-5-7-13(12)10-20;/h12-13H,3-10H2,1-2H3,(H,16,17);1H. The molecule has 7 heteroatoms. The minimum atomic E-state index is 0. The van der Waals surface area contributed by atoms with Crippen molar-refractivity contribution >= 4 is 29.9 Å². The summed E-state index contributed by atoms with van der Waals surface area (Å²) in [5, 5.41) is 7.20. The van der Waals surface area contributed by atoms with Gasteiger partial charge in [-0.1, -0.05) is 18.0 Å². The summed E-state index contributed by atoms with van der Waals surface area (Å²) in [4.78, 5) is 11.3. The first-order chi connectivity index (χ1) is 10.3. The van der Waals surface area contributed by atoms with Crippen molar-refractivity contribution in [2.24, 2.45) is 16.8 Å². The molecule has 1 aliphatic heterocycles. The lowest BCUT2D eigenvalue weighted by Gasteiger charge is -2.22. The quantitative estimate of drug-likeness (QED) is 0.464. The largest absolute Gasteiger partial charge is 0.357 e. The fourth-order valence-corrected chi connectivity index (χ4v) is 3.55. The van der Waals surface area contributed by atoms with Gasteiger partial charge in [-0.3, -0.25) is 0 Å². The van der Waals surface area contributed by atoms with Gasteiger partial charge in [0.2, 0.25) is 5.89 Å². The molecule has 6 nitrogen and oxygen atoms in total. The first-order valence-corrected chi connectivity index (χ1v) is 8.08. The Morgan fingerprint density at radius 1 is 1.32 bits per heavy atom. The Kier molecular flexibility index (Phi) is 6.46. The zero-order chi connectivity index (χ0) is 14.7. The highest BCUT2D eigenvalue weighted by Gasteiger charge is 2.35. The summed E-state index contributed by atoms with van der Waals surface area (Å²) < 4.78 is 5.14. The third-order valence-corrected chi connectivity index (χ3v) is 4.54. The molecule has 1 aromatic heterocycles. The van der Waals surface area contributed by atoms with Crippen LogP contribution in [0.3, 0.4) is 0 Å². The highest BCUT2D eigenvalue weighted by Crippen LogP contribution is 2.35. The summed E-state index contributed by atoms with van der Waals surface area (Å²) in [6, 6.07) is 0. The van der Waals surface area contributed by atoms with Crippen LogP contribution in [0.25, 0.3) is 0 Å². The minimum Gasteiger partial charge on any atom is -0.357 e. The number of hydrogen-bond donors (Lipinski definition) is 1. The van der Waals surface area contributed by atoms with Gasteiger partial charge in [0.15, 0.2) is 11.8 Å². The van der Waals surface area contributed by atoms with Crippen LogP contribution < -0.4 is 5.32 Å². The van der Waals surface area contributed by atoms with Crippen LogP contribution in [-0.4, -0.2) is 40.6 Å². The molecule has 1 aliphatic carbocycles. The Balaban J connectivity index is 0.00000176. The summed E-state index contributed by atoms with van der Waals surface area (Å²) >= 11 is 0. The molecule has 22 heavy (non-hydrogen) atoms. The highest BCUT2D eigenvalue weighted by molar-refractivity contribution is 14.0. The normalized spacial score (nSPS) is 24.8. The van der Waals surface area contributed by atoms with Gasteiger partial charge >= 0.3 is 0 Å². The van der Waals surface area contributed by atoms with Crippen LogP contribution >= 0.6 is 24.0 Å². The van der Waals surface area contributed by atoms with Crippen molar-refractivity contribution in [2.45, 2.75) is 46.1 Å². The third-order valence-electron chi connectivity index (χ3n) is 4.54. The molecule has 0 aromatic carbocycles. The number of aryl methyl sites for hydroxylation is 1. The molecule has 2 fully saturated rings. The predicted molar refractivity (Wildman–Crippen MR) is 96.3 cm³/mol. The zero-order valence-corrected chi connectivity index (χ0v) is 15.7. The number of halogens is 1. The van der Waals surface area contributed by atoms with E-state index in [0.29, 0.717) is 18.3 Å². The smallest absolute Gasteiger partial charge is 0.248 e. The van der Waals surface area contributed by atoms with Crippen molar-refractivity contribution in [2.75, 3.05) is 19.6 Å². The SMILES string of the molecule is CCNC(=NCc1nc(C)no1)N1CC2CCCCC2C1.I. The number of aliphatic imine (C=N–C) groups is 1. The predicted octanol–water partition coefficient (Wildman–Crippen LogP) is 2.58.